The van der Waals surface area contributed by atoms with E-state index in [1.807, 2.05) is 0 Å². The van der Waals surface area contributed by atoms with Gasteiger partial charge in [-0.15, -0.1) is 0 Å². The van der Waals surface area contributed by atoms with Gasteiger partial charge in [-0.05, 0) is 65.2 Å². The number of aliphatic hydroxyl groups excluding tert-OH is 1. The lowest BCUT2D eigenvalue weighted by molar-refractivity contribution is 0.160. The molecule has 0 bridgehead atoms. The third kappa shape index (κ3) is 7.61. The van der Waals surface area contributed by atoms with E-state index >= 15 is 0 Å². The fourth-order valence-electron chi connectivity index (χ4n) is 3.04. The van der Waals surface area contributed by atoms with Crippen LogP contribution < -0.4 is 5.32 Å². The standard InChI is InChI=1S/C17H36N2O/c1-3-12-18-17(2,16-20)11-7-10-15-19-13-8-5-4-6-9-14-19/h18,20H,3-16H2,1-2H3. The van der Waals surface area contributed by atoms with E-state index in [2.05, 4.69) is 24.1 Å². The molecule has 1 fully saturated rings. The van der Waals surface area contributed by atoms with Crippen LogP contribution in [0.15, 0.2) is 0 Å². The Kier molecular flexibility index (Phi) is 9.49. The Hall–Kier alpha value is -0.120. The summed E-state index contributed by atoms with van der Waals surface area (Å²) in [5, 5.41) is 13.0. The predicted molar refractivity (Wildman–Crippen MR) is 87.2 cm³/mol. The van der Waals surface area contributed by atoms with E-state index in [0.29, 0.717) is 0 Å². The first-order valence-electron chi connectivity index (χ1n) is 8.78. The van der Waals surface area contributed by atoms with E-state index < -0.39 is 0 Å². The zero-order valence-electron chi connectivity index (χ0n) is 13.8. The number of likely N-dealkylation sites (tertiary alicyclic amines) is 1. The zero-order chi connectivity index (χ0) is 14.7. The van der Waals surface area contributed by atoms with Crippen molar-refractivity contribution in [1.82, 2.24) is 10.2 Å². The third-order valence-electron chi connectivity index (χ3n) is 4.55. The van der Waals surface area contributed by atoms with Crippen LogP contribution in [0.5, 0.6) is 0 Å². The minimum atomic E-state index is -0.0771. The van der Waals surface area contributed by atoms with Gasteiger partial charge in [-0.1, -0.05) is 32.6 Å². The summed E-state index contributed by atoms with van der Waals surface area (Å²) in [6, 6.07) is 0. The molecule has 0 amide bonds. The summed E-state index contributed by atoms with van der Waals surface area (Å²) < 4.78 is 0. The minimum Gasteiger partial charge on any atom is -0.394 e. The van der Waals surface area contributed by atoms with Crippen molar-refractivity contribution in [3.8, 4) is 0 Å². The average molecular weight is 284 g/mol. The SMILES string of the molecule is CCCNC(C)(CO)CCCCN1CCCCCCC1. The molecule has 1 heterocycles. The second-order valence-electron chi connectivity index (χ2n) is 6.71. The lowest BCUT2D eigenvalue weighted by atomic mass is 9.95. The molecular weight excluding hydrogens is 248 g/mol. The van der Waals surface area contributed by atoms with Gasteiger partial charge >= 0.3 is 0 Å². The molecule has 0 saturated carbocycles. The van der Waals surface area contributed by atoms with Gasteiger partial charge in [-0.25, -0.2) is 0 Å². The number of aliphatic hydroxyl groups is 1. The van der Waals surface area contributed by atoms with E-state index in [9.17, 15) is 5.11 Å². The number of hydrogen-bond donors (Lipinski definition) is 2. The lowest BCUT2D eigenvalue weighted by Gasteiger charge is -2.29. The number of nitrogens with zero attached hydrogens (tertiary/aromatic N) is 1. The first-order chi connectivity index (χ1) is 9.70. The Balaban J connectivity index is 2.15. The maximum atomic E-state index is 9.56. The van der Waals surface area contributed by atoms with Crippen LogP contribution in [0.4, 0.5) is 0 Å². The molecule has 2 N–H and O–H groups in total. The van der Waals surface area contributed by atoms with Crippen molar-refractivity contribution in [3.63, 3.8) is 0 Å². The maximum Gasteiger partial charge on any atom is 0.0610 e. The molecule has 0 radical (unpaired) electrons. The molecule has 0 aromatic carbocycles. The van der Waals surface area contributed by atoms with E-state index in [1.165, 1.54) is 64.6 Å². The molecule has 1 rings (SSSR count). The van der Waals surface area contributed by atoms with Crippen molar-refractivity contribution >= 4 is 0 Å². The molecule has 0 aromatic rings. The van der Waals surface area contributed by atoms with Gasteiger partial charge in [0.1, 0.15) is 0 Å². The van der Waals surface area contributed by atoms with Crippen LogP contribution in [0.2, 0.25) is 0 Å². The summed E-state index contributed by atoms with van der Waals surface area (Å²) in [5.74, 6) is 0. The van der Waals surface area contributed by atoms with Crippen LogP contribution in [0.1, 0.15) is 71.6 Å². The van der Waals surface area contributed by atoms with Crippen molar-refractivity contribution in [1.29, 1.82) is 0 Å². The highest BCUT2D eigenvalue weighted by atomic mass is 16.3. The van der Waals surface area contributed by atoms with Gasteiger partial charge in [-0.3, -0.25) is 0 Å². The number of hydrogen-bond acceptors (Lipinski definition) is 3. The summed E-state index contributed by atoms with van der Waals surface area (Å²) in [6.07, 6.45) is 11.7. The summed E-state index contributed by atoms with van der Waals surface area (Å²) in [5.41, 5.74) is -0.0771. The average Bonchev–Trinajstić information content (AvgIpc) is 2.43. The van der Waals surface area contributed by atoms with Crippen LogP contribution in [0.25, 0.3) is 0 Å². The van der Waals surface area contributed by atoms with Gasteiger partial charge in [0.25, 0.3) is 0 Å². The van der Waals surface area contributed by atoms with E-state index in [-0.39, 0.29) is 12.1 Å². The lowest BCUT2D eigenvalue weighted by Crippen LogP contribution is -2.46. The third-order valence-corrected chi connectivity index (χ3v) is 4.55. The molecule has 0 aromatic heterocycles. The second-order valence-corrected chi connectivity index (χ2v) is 6.71. The maximum absolute atomic E-state index is 9.56. The fraction of sp³-hybridized carbons (Fsp3) is 1.00. The first kappa shape index (κ1) is 17.9. The molecule has 1 unspecified atom stereocenters. The smallest absolute Gasteiger partial charge is 0.0610 e. The van der Waals surface area contributed by atoms with Crippen LogP contribution in [-0.2, 0) is 0 Å². The fourth-order valence-corrected chi connectivity index (χ4v) is 3.04. The van der Waals surface area contributed by atoms with Gasteiger partial charge in [-0.2, -0.15) is 0 Å². The van der Waals surface area contributed by atoms with Crippen molar-refractivity contribution in [2.75, 3.05) is 32.8 Å². The molecule has 1 saturated heterocycles. The Labute approximate surface area is 126 Å². The van der Waals surface area contributed by atoms with Crippen LogP contribution in [-0.4, -0.2) is 48.3 Å². The quantitative estimate of drug-likeness (QED) is 0.638. The summed E-state index contributed by atoms with van der Waals surface area (Å²) in [7, 11) is 0. The first-order valence-corrected chi connectivity index (χ1v) is 8.78. The molecule has 1 aliphatic heterocycles. The van der Waals surface area contributed by atoms with E-state index in [1.54, 1.807) is 0 Å². The molecule has 3 heteroatoms. The molecule has 0 spiro atoms. The van der Waals surface area contributed by atoms with E-state index in [4.69, 9.17) is 0 Å². The Morgan fingerprint density at radius 1 is 1.05 bits per heavy atom. The van der Waals surface area contributed by atoms with Crippen molar-refractivity contribution in [2.24, 2.45) is 0 Å². The highest BCUT2D eigenvalue weighted by Crippen LogP contribution is 2.15. The highest BCUT2D eigenvalue weighted by molar-refractivity contribution is 4.82. The molecule has 0 aliphatic carbocycles. The van der Waals surface area contributed by atoms with Crippen molar-refractivity contribution in [3.05, 3.63) is 0 Å². The number of rotatable bonds is 9. The van der Waals surface area contributed by atoms with Crippen molar-refractivity contribution < 1.29 is 5.11 Å². The largest absolute Gasteiger partial charge is 0.394 e. The second kappa shape index (κ2) is 10.6. The highest BCUT2D eigenvalue weighted by Gasteiger charge is 2.21. The van der Waals surface area contributed by atoms with Gasteiger partial charge in [0.05, 0.1) is 6.61 Å². The monoisotopic (exact) mass is 284 g/mol. The Morgan fingerprint density at radius 3 is 2.30 bits per heavy atom. The molecule has 120 valence electrons. The van der Waals surface area contributed by atoms with Crippen LogP contribution in [0, 0.1) is 0 Å². The summed E-state index contributed by atoms with van der Waals surface area (Å²) in [6.45, 7) is 9.41. The predicted octanol–water partition coefficient (Wildman–Crippen LogP) is 3.17. The zero-order valence-corrected chi connectivity index (χ0v) is 13.8. The Bertz CT molecular complexity index is 227. The normalized spacial score (nSPS) is 21.1. The van der Waals surface area contributed by atoms with Crippen LogP contribution in [0.3, 0.4) is 0 Å². The number of nitrogens with one attached hydrogen (secondary N) is 1. The molecule has 3 nitrogen and oxygen atoms in total. The molecular formula is C17H36N2O. The molecule has 1 atom stereocenters. The summed E-state index contributed by atoms with van der Waals surface area (Å²) in [4.78, 5) is 2.65. The van der Waals surface area contributed by atoms with E-state index in [0.717, 1.165) is 19.4 Å². The van der Waals surface area contributed by atoms with Gasteiger partial charge in [0.15, 0.2) is 0 Å². The molecule has 1 aliphatic rings. The number of unbranched alkanes of at least 4 members (excludes halogenated alkanes) is 1. The topological polar surface area (TPSA) is 35.5 Å². The van der Waals surface area contributed by atoms with Gasteiger partial charge in [0, 0.05) is 5.54 Å². The van der Waals surface area contributed by atoms with Crippen molar-refractivity contribution in [2.45, 2.75) is 77.2 Å². The van der Waals surface area contributed by atoms with Crippen LogP contribution >= 0.6 is 0 Å². The Morgan fingerprint density at radius 2 is 1.70 bits per heavy atom. The minimum absolute atomic E-state index is 0.0771. The summed E-state index contributed by atoms with van der Waals surface area (Å²) >= 11 is 0. The van der Waals surface area contributed by atoms with Gasteiger partial charge in [0.2, 0.25) is 0 Å². The van der Waals surface area contributed by atoms with Gasteiger partial charge < -0.3 is 15.3 Å². The molecule has 20 heavy (non-hydrogen) atoms.